The van der Waals surface area contributed by atoms with Gasteiger partial charge >= 0.3 is 0 Å². The molecule has 18 heavy (non-hydrogen) atoms. The highest BCUT2D eigenvalue weighted by Gasteiger charge is 2.25. The van der Waals surface area contributed by atoms with E-state index >= 15 is 0 Å². The molecule has 0 aliphatic carbocycles. The van der Waals surface area contributed by atoms with Crippen LogP contribution in [0.25, 0.3) is 10.9 Å². The third kappa shape index (κ3) is 2.16. The lowest BCUT2D eigenvalue weighted by Gasteiger charge is -2.25. The molecule has 0 aliphatic rings. The van der Waals surface area contributed by atoms with Crippen molar-refractivity contribution in [1.82, 2.24) is 9.88 Å². The predicted molar refractivity (Wildman–Crippen MR) is 75.6 cm³/mol. The molecule has 2 rings (SSSR count). The lowest BCUT2D eigenvalue weighted by molar-refractivity contribution is 0.111. The normalized spacial score (nSPS) is 15.2. The number of aryl methyl sites for hydroxylation is 1. The second kappa shape index (κ2) is 5.12. The van der Waals surface area contributed by atoms with Crippen LogP contribution in [0, 0.1) is 5.92 Å². The Morgan fingerprint density at radius 1 is 1.22 bits per heavy atom. The van der Waals surface area contributed by atoms with Crippen molar-refractivity contribution < 1.29 is 5.11 Å². The average molecular weight is 246 g/mol. The predicted octanol–water partition coefficient (Wildman–Crippen LogP) is 2.46. The highest BCUT2D eigenvalue weighted by molar-refractivity contribution is 5.84. The average Bonchev–Trinajstić information content (AvgIpc) is 2.68. The van der Waals surface area contributed by atoms with E-state index in [1.54, 1.807) is 0 Å². The number of aromatic nitrogens is 1. The summed E-state index contributed by atoms with van der Waals surface area (Å²) in [6, 6.07) is 8.26. The van der Waals surface area contributed by atoms with Gasteiger partial charge < -0.3 is 15.0 Å². The number of hydrogen-bond acceptors (Lipinski definition) is 2. The number of hydrogen-bond donors (Lipinski definition) is 2. The molecule has 0 fully saturated rings. The third-order valence-corrected chi connectivity index (χ3v) is 3.64. The molecule has 3 heteroatoms. The van der Waals surface area contributed by atoms with Gasteiger partial charge in [0.1, 0.15) is 0 Å². The fraction of sp³-hybridized carbons (Fsp3) is 0.467. The van der Waals surface area contributed by atoms with Crippen LogP contribution >= 0.6 is 0 Å². The van der Waals surface area contributed by atoms with E-state index in [9.17, 15) is 5.11 Å². The lowest BCUT2D eigenvalue weighted by Crippen LogP contribution is -2.36. The molecule has 0 bridgehead atoms. The fourth-order valence-corrected chi connectivity index (χ4v) is 2.66. The van der Waals surface area contributed by atoms with Crippen molar-refractivity contribution in [1.29, 1.82) is 0 Å². The summed E-state index contributed by atoms with van der Waals surface area (Å²) in [5.74, 6) is 0.379. The minimum atomic E-state index is -0.485. The van der Waals surface area contributed by atoms with E-state index in [-0.39, 0.29) is 6.04 Å². The van der Waals surface area contributed by atoms with Crippen molar-refractivity contribution >= 4 is 10.9 Å². The number of benzene rings is 1. The van der Waals surface area contributed by atoms with Crippen LogP contribution < -0.4 is 5.32 Å². The van der Waals surface area contributed by atoms with E-state index < -0.39 is 6.10 Å². The van der Waals surface area contributed by atoms with E-state index in [1.165, 1.54) is 0 Å². The van der Waals surface area contributed by atoms with Gasteiger partial charge in [-0.3, -0.25) is 0 Å². The minimum absolute atomic E-state index is 0.0656. The number of rotatable bonds is 4. The highest BCUT2D eigenvalue weighted by Crippen LogP contribution is 2.29. The van der Waals surface area contributed by atoms with E-state index in [4.69, 9.17) is 0 Å². The van der Waals surface area contributed by atoms with Crippen molar-refractivity contribution in [3.63, 3.8) is 0 Å². The zero-order chi connectivity index (χ0) is 13.3. The summed E-state index contributed by atoms with van der Waals surface area (Å²) in [6.07, 6.45) is 1.54. The van der Waals surface area contributed by atoms with Crippen molar-refractivity contribution in [3.05, 3.63) is 36.0 Å². The molecule has 3 nitrogen and oxygen atoms in total. The molecule has 0 saturated heterocycles. The van der Waals surface area contributed by atoms with Crippen molar-refractivity contribution in [2.24, 2.45) is 13.0 Å². The third-order valence-electron chi connectivity index (χ3n) is 3.64. The van der Waals surface area contributed by atoms with Gasteiger partial charge in [-0.05, 0) is 19.0 Å². The van der Waals surface area contributed by atoms with Crippen molar-refractivity contribution in [3.8, 4) is 0 Å². The van der Waals surface area contributed by atoms with Gasteiger partial charge in [-0.15, -0.1) is 0 Å². The first-order chi connectivity index (χ1) is 8.56. The Morgan fingerprint density at radius 2 is 1.89 bits per heavy atom. The van der Waals surface area contributed by atoms with Crippen LogP contribution in [0.5, 0.6) is 0 Å². The second-order valence-electron chi connectivity index (χ2n) is 5.22. The van der Waals surface area contributed by atoms with Crippen LogP contribution in [-0.4, -0.2) is 22.8 Å². The van der Waals surface area contributed by atoms with E-state index in [0.29, 0.717) is 5.92 Å². The summed E-state index contributed by atoms with van der Waals surface area (Å²) in [5.41, 5.74) is 2.16. The molecule has 2 aromatic rings. The first kappa shape index (κ1) is 13.1. The minimum Gasteiger partial charge on any atom is -0.387 e. The van der Waals surface area contributed by atoms with Gasteiger partial charge in [0.15, 0.2) is 0 Å². The zero-order valence-electron chi connectivity index (χ0n) is 11.5. The maximum absolute atomic E-state index is 10.6. The molecule has 1 heterocycles. The van der Waals surface area contributed by atoms with E-state index in [1.807, 2.05) is 32.4 Å². The fourth-order valence-electron chi connectivity index (χ4n) is 2.66. The van der Waals surface area contributed by atoms with Gasteiger partial charge in [-0.25, -0.2) is 0 Å². The largest absolute Gasteiger partial charge is 0.387 e. The van der Waals surface area contributed by atoms with Gasteiger partial charge in [-0.1, -0.05) is 32.0 Å². The molecular weight excluding hydrogens is 224 g/mol. The molecule has 2 atom stereocenters. The Kier molecular flexibility index (Phi) is 3.73. The maximum Gasteiger partial charge on any atom is 0.0965 e. The van der Waals surface area contributed by atoms with Gasteiger partial charge in [0, 0.05) is 35.8 Å². The molecule has 0 radical (unpaired) electrons. The van der Waals surface area contributed by atoms with Gasteiger partial charge in [0.05, 0.1) is 6.10 Å². The second-order valence-corrected chi connectivity index (χ2v) is 5.22. The number of aliphatic hydroxyl groups excluding tert-OH is 1. The standard InChI is InChI=1S/C15H22N2O/c1-10(2)14(16-3)15(18)12-9-17(4)13-8-6-5-7-11(12)13/h5-10,14-16,18H,1-4H3. The highest BCUT2D eigenvalue weighted by atomic mass is 16.3. The molecular formula is C15H22N2O. The van der Waals surface area contributed by atoms with E-state index in [2.05, 4.69) is 35.9 Å². The van der Waals surface area contributed by atoms with Crippen LogP contribution in [0.4, 0.5) is 0 Å². The maximum atomic E-state index is 10.6. The summed E-state index contributed by atoms with van der Waals surface area (Å²) in [5, 5.41) is 14.9. The molecule has 1 aromatic heterocycles. The molecule has 0 spiro atoms. The van der Waals surface area contributed by atoms with Crippen LogP contribution in [0.3, 0.4) is 0 Å². The van der Waals surface area contributed by atoms with Gasteiger partial charge in [-0.2, -0.15) is 0 Å². The Labute approximate surface area is 108 Å². The summed E-state index contributed by atoms with van der Waals surface area (Å²) >= 11 is 0. The topological polar surface area (TPSA) is 37.2 Å². The SMILES string of the molecule is CNC(C(C)C)C(O)c1cn(C)c2ccccc12. The molecule has 2 unspecified atom stereocenters. The van der Waals surface area contributed by atoms with Crippen LogP contribution in [-0.2, 0) is 7.05 Å². The van der Waals surface area contributed by atoms with Crippen LogP contribution in [0.2, 0.25) is 0 Å². The van der Waals surface area contributed by atoms with Gasteiger partial charge in [0.2, 0.25) is 0 Å². The van der Waals surface area contributed by atoms with Crippen molar-refractivity contribution in [2.45, 2.75) is 26.0 Å². The summed E-state index contributed by atoms with van der Waals surface area (Å²) in [7, 11) is 3.92. The summed E-state index contributed by atoms with van der Waals surface area (Å²) in [6.45, 7) is 4.24. The smallest absolute Gasteiger partial charge is 0.0965 e. The number of aliphatic hydroxyl groups is 1. The molecule has 98 valence electrons. The number of nitrogens with one attached hydrogen (secondary N) is 1. The monoisotopic (exact) mass is 246 g/mol. The van der Waals surface area contributed by atoms with Crippen molar-refractivity contribution in [2.75, 3.05) is 7.05 Å². The Hall–Kier alpha value is -1.32. The zero-order valence-corrected chi connectivity index (χ0v) is 11.5. The Balaban J connectivity index is 2.47. The first-order valence-electron chi connectivity index (χ1n) is 6.45. The lowest BCUT2D eigenvalue weighted by atomic mass is 9.93. The van der Waals surface area contributed by atoms with E-state index in [0.717, 1.165) is 16.5 Å². The molecule has 1 aromatic carbocycles. The number of para-hydroxylation sites is 1. The molecule has 0 saturated carbocycles. The Morgan fingerprint density at radius 3 is 2.50 bits per heavy atom. The van der Waals surface area contributed by atoms with Crippen LogP contribution in [0.15, 0.2) is 30.5 Å². The summed E-state index contributed by atoms with van der Waals surface area (Å²) < 4.78 is 2.07. The Bertz CT molecular complexity index is 530. The quantitative estimate of drug-likeness (QED) is 0.869. The molecule has 0 aliphatic heterocycles. The number of likely N-dealkylation sites (N-methyl/N-ethyl adjacent to an activating group) is 1. The summed E-state index contributed by atoms with van der Waals surface area (Å²) in [4.78, 5) is 0. The van der Waals surface area contributed by atoms with Crippen LogP contribution in [0.1, 0.15) is 25.5 Å². The van der Waals surface area contributed by atoms with Gasteiger partial charge in [0.25, 0.3) is 0 Å². The molecule has 0 amide bonds. The number of nitrogens with zero attached hydrogens (tertiary/aromatic N) is 1. The number of fused-ring (bicyclic) bond motifs is 1. The molecule has 2 N–H and O–H groups in total. The first-order valence-corrected chi connectivity index (χ1v) is 6.45.